The van der Waals surface area contributed by atoms with Crippen LogP contribution >= 0.6 is 0 Å². The molecule has 0 spiro atoms. The van der Waals surface area contributed by atoms with Gasteiger partial charge in [0.05, 0.1) is 18.3 Å². The largest absolute Gasteiger partial charge is 0.481 e. The Balaban J connectivity index is 1.47. The number of carboxylic acid groups (broad SMARTS) is 1. The minimum atomic E-state index is -0.712. The molecule has 0 aromatic carbocycles. The number of hydrogen-bond acceptors (Lipinski definition) is 4. The zero-order valence-corrected chi connectivity index (χ0v) is 21.2. The minimum Gasteiger partial charge on any atom is -0.481 e. The SMILES string of the molecule is CC(CCC[C@@H](C)[C@H]1CC[C@H]2[C@@H]3[C@H](O)C[C@@H]4C[C@H](O)CC[C@]4(C)[C@H]3C[C@H](O)[C@]12C)CC(=O)O. The second-order valence-electron chi connectivity index (χ2n) is 13.1. The van der Waals surface area contributed by atoms with E-state index in [4.69, 9.17) is 5.11 Å². The molecule has 0 amide bonds. The Morgan fingerprint density at radius 2 is 1.70 bits per heavy atom. The summed E-state index contributed by atoms with van der Waals surface area (Å²) in [6.07, 6.45) is 8.90. The van der Waals surface area contributed by atoms with Crippen LogP contribution in [0.4, 0.5) is 0 Å². The number of fused-ring (bicyclic) bond motifs is 5. The molecule has 4 fully saturated rings. The third-order valence-corrected chi connectivity index (χ3v) is 11.4. The summed E-state index contributed by atoms with van der Waals surface area (Å²) in [5.41, 5.74) is -0.0267. The van der Waals surface area contributed by atoms with Gasteiger partial charge < -0.3 is 20.4 Å². The van der Waals surface area contributed by atoms with Crippen LogP contribution in [0, 0.1) is 52.3 Å². The smallest absolute Gasteiger partial charge is 0.303 e. The monoisotopic (exact) mass is 464 g/mol. The zero-order chi connectivity index (χ0) is 24.1. The van der Waals surface area contributed by atoms with Gasteiger partial charge in [-0.05, 0) is 97.2 Å². The number of rotatable bonds is 7. The second-order valence-corrected chi connectivity index (χ2v) is 13.1. The summed E-state index contributed by atoms with van der Waals surface area (Å²) in [6, 6.07) is 0. The van der Waals surface area contributed by atoms with Gasteiger partial charge in [0.1, 0.15) is 0 Å². The maximum absolute atomic E-state index is 11.7. The van der Waals surface area contributed by atoms with Crippen LogP contribution in [0.2, 0.25) is 0 Å². The first-order valence-corrected chi connectivity index (χ1v) is 13.7. The molecule has 0 bridgehead atoms. The van der Waals surface area contributed by atoms with E-state index >= 15 is 0 Å². The fourth-order valence-corrected chi connectivity index (χ4v) is 9.52. The van der Waals surface area contributed by atoms with Crippen molar-refractivity contribution in [2.75, 3.05) is 0 Å². The number of aliphatic carboxylic acids is 1. The van der Waals surface area contributed by atoms with Crippen LogP contribution in [0.5, 0.6) is 0 Å². The van der Waals surface area contributed by atoms with Gasteiger partial charge in [-0.3, -0.25) is 4.79 Å². The lowest BCUT2D eigenvalue weighted by Crippen LogP contribution is -2.62. The van der Waals surface area contributed by atoms with E-state index in [0.29, 0.717) is 29.6 Å². The zero-order valence-electron chi connectivity index (χ0n) is 21.2. The molecule has 0 heterocycles. The molecule has 4 saturated carbocycles. The summed E-state index contributed by atoms with van der Waals surface area (Å²) in [5, 5.41) is 42.3. The van der Waals surface area contributed by atoms with Crippen LogP contribution in [0.15, 0.2) is 0 Å². The Kier molecular flexibility index (Phi) is 7.27. The lowest BCUT2D eigenvalue weighted by Gasteiger charge is -2.63. The molecule has 0 aromatic rings. The van der Waals surface area contributed by atoms with Crippen molar-refractivity contribution in [1.29, 1.82) is 0 Å². The first-order valence-electron chi connectivity index (χ1n) is 13.7. The van der Waals surface area contributed by atoms with Gasteiger partial charge in [0.15, 0.2) is 0 Å². The van der Waals surface area contributed by atoms with Crippen molar-refractivity contribution >= 4 is 5.97 Å². The molecule has 4 N–H and O–H groups in total. The van der Waals surface area contributed by atoms with E-state index in [1.54, 1.807) is 0 Å². The van der Waals surface area contributed by atoms with Crippen LogP contribution in [-0.4, -0.2) is 44.7 Å². The highest BCUT2D eigenvalue weighted by Gasteiger charge is 2.65. The van der Waals surface area contributed by atoms with Gasteiger partial charge in [0.2, 0.25) is 0 Å². The Bertz CT molecular complexity index is 710. The van der Waals surface area contributed by atoms with Gasteiger partial charge in [-0.2, -0.15) is 0 Å². The second kappa shape index (κ2) is 9.43. The Morgan fingerprint density at radius 1 is 0.970 bits per heavy atom. The Hall–Kier alpha value is -0.650. The van der Waals surface area contributed by atoms with Crippen LogP contribution in [-0.2, 0) is 4.79 Å². The molecule has 5 nitrogen and oxygen atoms in total. The van der Waals surface area contributed by atoms with Crippen molar-refractivity contribution in [2.45, 2.75) is 117 Å². The van der Waals surface area contributed by atoms with Crippen molar-refractivity contribution in [3.63, 3.8) is 0 Å². The number of hydrogen-bond donors (Lipinski definition) is 4. The number of aliphatic hydroxyl groups is 3. The molecular formula is C28H48O5. The molecule has 4 aliphatic carbocycles. The molecule has 0 aromatic heterocycles. The van der Waals surface area contributed by atoms with Gasteiger partial charge in [0.25, 0.3) is 0 Å². The normalized spacial score (nSPS) is 48.9. The predicted octanol–water partition coefficient (Wildman–Crippen LogP) is 4.87. The topological polar surface area (TPSA) is 98.0 Å². The van der Waals surface area contributed by atoms with Crippen LogP contribution < -0.4 is 0 Å². The van der Waals surface area contributed by atoms with Crippen LogP contribution in [0.3, 0.4) is 0 Å². The van der Waals surface area contributed by atoms with Gasteiger partial charge >= 0.3 is 5.97 Å². The first kappa shape index (κ1) is 25.4. The summed E-state index contributed by atoms with van der Waals surface area (Å²) in [5.74, 6) is 1.79. The van der Waals surface area contributed by atoms with Crippen molar-refractivity contribution < 1.29 is 25.2 Å². The highest BCUT2D eigenvalue weighted by atomic mass is 16.4. The maximum Gasteiger partial charge on any atom is 0.303 e. The molecule has 33 heavy (non-hydrogen) atoms. The van der Waals surface area contributed by atoms with E-state index in [2.05, 4.69) is 20.8 Å². The van der Waals surface area contributed by atoms with Crippen molar-refractivity contribution in [2.24, 2.45) is 52.3 Å². The molecule has 0 saturated heterocycles. The molecule has 0 aliphatic heterocycles. The van der Waals surface area contributed by atoms with E-state index in [-0.39, 0.29) is 47.4 Å². The van der Waals surface area contributed by atoms with E-state index in [1.165, 1.54) is 0 Å². The van der Waals surface area contributed by atoms with Gasteiger partial charge in [-0.25, -0.2) is 0 Å². The molecule has 5 heteroatoms. The summed E-state index contributed by atoms with van der Waals surface area (Å²) in [4.78, 5) is 11.0. The Labute approximate surface area is 200 Å². The average molecular weight is 465 g/mol. The fourth-order valence-electron chi connectivity index (χ4n) is 9.52. The number of carboxylic acids is 1. The summed E-state index contributed by atoms with van der Waals surface area (Å²) < 4.78 is 0. The fraction of sp³-hybridized carbons (Fsp3) is 0.964. The van der Waals surface area contributed by atoms with Gasteiger partial charge in [0, 0.05) is 6.42 Å². The van der Waals surface area contributed by atoms with E-state index in [9.17, 15) is 20.1 Å². The van der Waals surface area contributed by atoms with Gasteiger partial charge in [-0.1, -0.05) is 47.0 Å². The molecule has 0 radical (unpaired) electrons. The molecule has 4 rings (SSSR count). The van der Waals surface area contributed by atoms with Crippen LogP contribution in [0.1, 0.15) is 98.3 Å². The minimum absolute atomic E-state index is 0.120. The highest BCUT2D eigenvalue weighted by Crippen LogP contribution is 2.68. The molecule has 190 valence electrons. The lowest BCUT2D eigenvalue weighted by molar-refractivity contribution is -0.207. The number of aliphatic hydroxyl groups excluding tert-OH is 3. The molecule has 1 unspecified atom stereocenters. The summed E-state index contributed by atoms with van der Waals surface area (Å²) in [7, 11) is 0. The number of carbonyl (C=O) groups is 1. The van der Waals surface area contributed by atoms with Crippen LogP contribution in [0.25, 0.3) is 0 Å². The highest BCUT2D eigenvalue weighted by molar-refractivity contribution is 5.66. The first-order chi connectivity index (χ1) is 15.5. The predicted molar refractivity (Wildman–Crippen MR) is 128 cm³/mol. The average Bonchev–Trinajstić information content (AvgIpc) is 3.08. The van der Waals surface area contributed by atoms with Gasteiger partial charge in [-0.15, -0.1) is 0 Å². The lowest BCUT2D eigenvalue weighted by atomic mass is 9.43. The van der Waals surface area contributed by atoms with Crippen molar-refractivity contribution in [3.8, 4) is 0 Å². The third-order valence-electron chi connectivity index (χ3n) is 11.4. The quantitative estimate of drug-likeness (QED) is 0.431. The van der Waals surface area contributed by atoms with E-state index in [1.807, 2.05) is 6.92 Å². The molecule has 4 aliphatic rings. The van der Waals surface area contributed by atoms with E-state index < -0.39 is 5.97 Å². The summed E-state index contributed by atoms with van der Waals surface area (Å²) in [6.45, 7) is 9.05. The summed E-state index contributed by atoms with van der Waals surface area (Å²) >= 11 is 0. The molecular weight excluding hydrogens is 416 g/mol. The molecule has 12 atom stereocenters. The van der Waals surface area contributed by atoms with Crippen molar-refractivity contribution in [3.05, 3.63) is 0 Å². The third kappa shape index (κ3) is 4.40. The maximum atomic E-state index is 11.7. The van der Waals surface area contributed by atoms with Crippen molar-refractivity contribution in [1.82, 2.24) is 0 Å². The standard InChI is InChI=1S/C28H48O5/c1-16(12-25(32)33)6-5-7-17(2)20-8-9-21-26-22(15-24(31)28(20,21)4)27(3)11-10-19(29)13-18(27)14-23(26)30/h16-24,26,29-31H,5-15H2,1-4H3,(H,32,33)/t16?,17-,18+,19-,20-,21+,22+,23-,24+,26+,27+,28-/m1/s1. The van der Waals surface area contributed by atoms with E-state index in [0.717, 1.165) is 64.2 Å². The Morgan fingerprint density at radius 3 is 2.39 bits per heavy atom.